The first kappa shape index (κ1) is 13.9. The Kier molecular flexibility index (Phi) is 3.35. The summed E-state index contributed by atoms with van der Waals surface area (Å²) in [5.41, 5.74) is 1.49. The van der Waals surface area contributed by atoms with Crippen LogP contribution < -0.4 is 0 Å². The standard InChI is InChI=1S/C16H20N2O3/c1-16(2,3)20-15(19)18-9-12-13(10-18)21-17-14(12)11-7-5-4-6-8-11/h4-8,12-13H,9-10H2,1-3H3. The molecule has 0 spiro atoms. The zero-order chi connectivity index (χ0) is 15.0. The second-order valence-electron chi connectivity index (χ2n) is 6.48. The van der Waals surface area contributed by atoms with Crippen LogP contribution in [0.4, 0.5) is 4.79 Å². The maximum atomic E-state index is 12.1. The van der Waals surface area contributed by atoms with Gasteiger partial charge in [0.05, 0.1) is 18.2 Å². The van der Waals surface area contributed by atoms with Gasteiger partial charge in [0.2, 0.25) is 0 Å². The number of oxime groups is 1. The zero-order valence-electron chi connectivity index (χ0n) is 12.6. The number of benzene rings is 1. The van der Waals surface area contributed by atoms with Gasteiger partial charge in [-0.2, -0.15) is 0 Å². The third-order valence-electron chi connectivity index (χ3n) is 3.63. The Morgan fingerprint density at radius 1 is 1.29 bits per heavy atom. The summed E-state index contributed by atoms with van der Waals surface area (Å²) in [6.45, 7) is 6.73. The largest absolute Gasteiger partial charge is 0.444 e. The van der Waals surface area contributed by atoms with Gasteiger partial charge in [-0.3, -0.25) is 0 Å². The van der Waals surface area contributed by atoms with Gasteiger partial charge in [0.25, 0.3) is 0 Å². The van der Waals surface area contributed by atoms with Gasteiger partial charge in [0.1, 0.15) is 5.60 Å². The molecule has 1 amide bonds. The number of amides is 1. The third kappa shape index (κ3) is 2.86. The molecule has 1 aromatic carbocycles. The molecule has 2 atom stereocenters. The number of rotatable bonds is 1. The molecule has 3 rings (SSSR count). The van der Waals surface area contributed by atoms with E-state index in [4.69, 9.17) is 9.57 Å². The molecule has 1 saturated heterocycles. The normalized spacial score (nSPS) is 24.3. The minimum atomic E-state index is -0.480. The molecule has 0 radical (unpaired) electrons. The molecule has 2 aliphatic rings. The fourth-order valence-electron chi connectivity index (χ4n) is 2.69. The Morgan fingerprint density at radius 2 is 2.00 bits per heavy atom. The van der Waals surface area contributed by atoms with E-state index in [0.717, 1.165) is 11.3 Å². The van der Waals surface area contributed by atoms with Gasteiger partial charge in [-0.05, 0) is 26.3 Å². The highest BCUT2D eigenvalue weighted by Crippen LogP contribution is 2.30. The number of carbonyl (C=O) groups excluding carboxylic acids is 1. The fraction of sp³-hybridized carbons (Fsp3) is 0.500. The predicted octanol–water partition coefficient (Wildman–Crippen LogP) is 2.66. The molecule has 2 unspecified atom stereocenters. The highest BCUT2D eigenvalue weighted by Gasteiger charge is 2.45. The summed E-state index contributed by atoms with van der Waals surface area (Å²) in [5, 5.41) is 4.20. The van der Waals surface area contributed by atoms with E-state index in [2.05, 4.69) is 5.16 Å². The molecule has 5 heteroatoms. The van der Waals surface area contributed by atoms with Crippen molar-refractivity contribution in [2.24, 2.45) is 11.1 Å². The van der Waals surface area contributed by atoms with Gasteiger partial charge in [-0.15, -0.1) is 0 Å². The van der Waals surface area contributed by atoms with Crippen molar-refractivity contribution in [3.8, 4) is 0 Å². The van der Waals surface area contributed by atoms with Crippen LogP contribution in [-0.4, -0.2) is 41.5 Å². The smallest absolute Gasteiger partial charge is 0.410 e. The quantitative estimate of drug-likeness (QED) is 0.798. The topological polar surface area (TPSA) is 51.1 Å². The summed E-state index contributed by atoms with van der Waals surface area (Å²) < 4.78 is 5.42. The lowest BCUT2D eigenvalue weighted by molar-refractivity contribution is 0.0228. The number of nitrogens with zero attached hydrogens (tertiary/aromatic N) is 2. The summed E-state index contributed by atoms with van der Waals surface area (Å²) in [7, 11) is 0. The Morgan fingerprint density at radius 3 is 2.67 bits per heavy atom. The predicted molar refractivity (Wildman–Crippen MR) is 79.1 cm³/mol. The maximum absolute atomic E-state index is 12.1. The lowest BCUT2D eigenvalue weighted by Gasteiger charge is -2.24. The van der Waals surface area contributed by atoms with E-state index < -0.39 is 5.60 Å². The van der Waals surface area contributed by atoms with Crippen LogP contribution in [-0.2, 0) is 9.57 Å². The summed E-state index contributed by atoms with van der Waals surface area (Å²) in [4.78, 5) is 19.3. The van der Waals surface area contributed by atoms with Crippen LogP contribution >= 0.6 is 0 Å². The van der Waals surface area contributed by atoms with Crippen molar-refractivity contribution >= 4 is 11.8 Å². The minimum Gasteiger partial charge on any atom is -0.444 e. The van der Waals surface area contributed by atoms with Gasteiger partial charge in [0.15, 0.2) is 6.10 Å². The molecule has 0 bridgehead atoms. The van der Waals surface area contributed by atoms with Crippen molar-refractivity contribution in [2.45, 2.75) is 32.5 Å². The average molecular weight is 288 g/mol. The van der Waals surface area contributed by atoms with E-state index in [1.165, 1.54) is 0 Å². The lowest BCUT2D eigenvalue weighted by atomic mass is 9.95. The van der Waals surface area contributed by atoms with Crippen LogP contribution in [0.3, 0.4) is 0 Å². The second kappa shape index (κ2) is 5.06. The van der Waals surface area contributed by atoms with E-state index in [0.29, 0.717) is 13.1 Å². The Bertz CT molecular complexity index is 563. The molecule has 0 aliphatic carbocycles. The van der Waals surface area contributed by atoms with Crippen LogP contribution in [0, 0.1) is 5.92 Å². The first-order valence-electron chi connectivity index (χ1n) is 7.21. The monoisotopic (exact) mass is 288 g/mol. The molecule has 2 aliphatic heterocycles. The molecule has 5 nitrogen and oxygen atoms in total. The van der Waals surface area contributed by atoms with Crippen LogP contribution in [0.15, 0.2) is 35.5 Å². The number of likely N-dealkylation sites (tertiary alicyclic amines) is 1. The Balaban J connectivity index is 1.70. The number of carbonyl (C=O) groups is 1. The van der Waals surface area contributed by atoms with Crippen molar-refractivity contribution in [1.82, 2.24) is 4.90 Å². The van der Waals surface area contributed by atoms with E-state index in [1.54, 1.807) is 4.90 Å². The van der Waals surface area contributed by atoms with E-state index in [-0.39, 0.29) is 18.1 Å². The molecule has 0 N–H and O–H groups in total. The number of fused-ring (bicyclic) bond motifs is 1. The highest BCUT2D eigenvalue weighted by atomic mass is 16.6. The van der Waals surface area contributed by atoms with Crippen molar-refractivity contribution < 1.29 is 14.4 Å². The SMILES string of the molecule is CC(C)(C)OC(=O)N1CC2ON=C(c3ccccc3)C2C1. The molecular formula is C16H20N2O3. The zero-order valence-corrected chi connectivity index (χ0v) is 12.6. The van der Waals surface area contributed by atoms with Gasteiger partial charge < -0.3 is 14.5 Å². The number of hydrogen-bond acceptors (Lipinski definition) is 4. The van der Waals surface area contributed by atoms with E-state index in [1.807, 2.05) is 51.1 Å². The molecule has 1 aromatic rings. The van der Waals surface area contributed by atoms with E-state index in [9.17, 15) is 4.79 Å². The first-order valence-corrected chi connectivity index (χ1v) is 7.21. The van der Waals surface area contributed by atoms with Gasteiger partial charge >= 0.3 is 6.09 Å². The molecule has 0 saturated carbocycles. The fourth-order valence-corrected chi connectivity index (χ4v) is 2.69. The summed E-state index contributed by atoms with van der Waals surface area (Å²) in [5.74, 6) is 0.125. The number of ether oxygens (including phenoxy) is 1. The molecule has 0 aromatic heterocycles. The number of hydrogen-bond donors (Lipinski definition) is 0. The molecule has 112 valence electrons. The highest BCUT2D eigenvalue weighted by molar-refractivity contribution is 6.03. The molecule has 1 fully saturated rings. The van der Waals surface area contributed by atoms with Crippen molar-refractivity contribution in [3.05, 3.63) is 35.9 Å². The third-order valence-corrected chi connectivity index (χ3v) is 3.63. The van der Waals surface area contributed by atoms with E-state index >= 15 is 0 Å². The summed E-state index contributed by atoms with van der Waals surface area (Å²) in [6.07, 6.45) is -0.347. The molecule has 21 heavy (non-hydrogen) atoms. The van der Waals surface area contributed by atoms with Crippen molar-refractivity contribution in [2.75, 3.05) is 13.1 Å². The lowest BCUT2D eigenvalue weighted by Crippen LogP contribution is -2.36. The van der Waals surface area contributed by atoms with Crippen LogP contribution in [0.1, 0.15) is 26.3 Å². The molecule has 2 heterocycles. The first-order chi connectivity index (χ1) is 9.94. The summed E-state index contributed by atoms with van der Waals surface area (Å²) in [6, 6.07) is 9.96. The molecular weight excluding hydrogens is 268 g/mol. The average Bonchev–Trinajstić information content (AvgIpc) is 2.97. The van der Waals surface area contributed by atoms with Gasteiger partial charge in [-0.25, -0.2) is 4.79 Å². The van der Waals surface area contributed by atoms with Crippen molar-refractivity contribution in [3.63, 3.8) is 0 Å². The second-order valence-corrected chi connectivity index (χ2v) is 6.48. The maximum Gasteiger partial charge on any atom is 0.410 e. The van der Waals surface area contributed by atoms with Crippen LogP contribution in [0.2, 0.25) is 0 Å². The summed E-state index contributed by atoms with van der Waals surface area (Å²) >= 11 is 0. The van der Waals surface area contributed by atoms with Crippen molar-refractivity contribution in [1.29, 1.82) is 0 Å². The van der Waals surface area contributed by atoms with Gasteiger partial charge in [-0.1, -0.05) is 35.5 Å². The Hall–Kier alpha value is -2.04. The minimum absolute atomic E-state index is 0.0623. The van der Waals surface area contributed by atoms with Crippen LogP contribution in [0.25, 0.3) is 0 Å². The Labute approximate surface area is 124 Å². The van der Waals surface area contributed by atoms with Gasteiger partial charge in [0, 0.05) is 6.54 Å². The van der Waals surface area contributed by atoms with Crippen LogP contribution in [0.5, 0.6) is 0 Å².